The first-order chi connectivity index (χ1) is 17.2. The number of carbonyl (C=O) groups excluding carboxylic acids is 4. The van der Waals surface area contributed by atoms with Crippen molar-refractivity contribution < 1.29 is 33.5 Å². The number of nitrogens with two attached hydrogens (primary N) is 1. The van der Waals surface area contributed by atoms with Crippen LogP contribution in [0, 0.1) is 5.92 Å². The van der Waals surface area contributed by atoms with Crippen LogP contribution in [-0.2, 0) is 33.5 Å². The number of hydrogen-bond acceptors (Lipinski definition) is 12. The molecule has 14 heteroatoms. The Bertz CT molecular complexity index is 1160. The lowest BCUT2D eigenvalue weighted by Crippen LogP contribution is -2.71. The number of thiazole rings is 1. The quantitative estimate of drug-likeness (QED) is 0.146. The van der Waals surface area contributed by atoms with Crippen molar-refractivity contribution in [2.45, 2.75) is 44.4 Å². The molecule has 2 fully saturated rings. The fourth-order valence-electron chi connectivity index (χ4n) is 3.54. The Morgan fingerprint density at radius 3 is 2.75 bits per heavy atom. The number of allylic oxidation sites excluding steroid dienone is 1. The summed E-state index contributed by atoms with van der Waals surface area (Å²) in [6, 6.07) is -0.926. The summed E-state index contributed by atoms with van der Waals surface area (Å²) in [5.41, 5.74) is 6.28. The van der Waals surface area contributed by atoms with E-state index in [0.29, 0.717) is 11.3 Å². The Morgan fingerprint density at radius 2 is 2.14 bits per heavy atom. The van der Waals surface area contributed by atoms with Gasteiger partial charge in [0.25, 0.3) is 11.8 Å². The molecule has 3 heterocycles. The summed E-state index contributed by atoms with van der Waals surface area (Å²) in [4.78, 5) is 61.2. The van der Waals surface area contributed by atoms with Gasteiger partial charge in [0.15, 0.2) is 10.8 Å². The summed E-state index contributed by atoms with van der Waals surface area (Å²) >= 11 is 2.49. The minimum atomic E-state index is -1.12. The zero-order valence-electron chi connectivity index (χ0n) is 19.6. The Kier molecular flexibility index (Phi) is 7.64. The van der Waals surface area contributed by atoms with Gasteiger partial charge in [0.05, 0.1) is 5.92 Å². The lowest BCUT2D eigenvalue weighted by Gasteiger charge is -2.49. The van der Waals surface area contributed by atoms with Gasteiger partial charge in [-0.05, 0) is 25.3 Å². The lowest BCUT2D eigenvalue weighted by atomic mass is 10.0. The van der Waals surface area contributed by atoms with Gasteiger partial charge in [0.2, 0.25) is 6.29 Å². The summed E-state index contributed by atoms with van der Waals surface area (Å²) < 4.78 is 10.5. The van der Waals surface area contributed by atoms with E-state index in [1.54, 1.807) is 12.3 Å². The van der Waals surface area contributed by atoms with E-state index in [1.807, 2.05) is 0 Å². The molecule has 3 aliphatic rings. The minimum absolute atomic E-state index is 0.00838. The van der Waals surface area contributed by atoms with E-state index in [1.165, 1.54) is 29.7 Å². The van der Waals surface area contributed by atoms with Gasteiger partial charge in [-0.1, -0.05) is 17.8 Å². The van der Waals surface area contributed by atoms with Gasteiger partial charge in [0, 0.05) is 18.1 Å². The van der Waals surface area contributed by atoms with E-state index in [-0.39, 0.29) is 34.8 Å². The molecule has 1 aromatic rings. The van der Waals surface area contributed by atoms with Crippen LogP contribution in [0.3, 0.4) is 0 Å². The molecule has 192 valence electrons. The molecule has 36 heavy (non-hydrogen) atoms. The third-order valence-corrected chi connectivity index (χ3v) is 7.43. The smallest absolute Gasteiger partial charge is 0.358 e. The van der Waals surface area contributed by atoms with Gasteiger partial charge in [-0.2, -0.15) is 0 Å². The van der Waals surface area contributed by atoms with Crippen LogP contribution < -0.4 is 11.1 Å². The van der Waals surface area contributed by atoms with Crippen molar-refractivity contribution in [2.75, 3.05) is 18.1 Å². The molecule has 2 aliphatic heterocycles. The zero-order chi connectivity index (χ0) is 26.0. The Labute approximate surface area is 214 Å². The summed E-state index contributed by atoms with van der Waals surface area (Å²) in [5, 5.41) is 7.73. The fourth-order valence-corrected chi connectivity index (χ4v) is 5.43. The topological polar surface area (TPSA) is 163 Å². The number of oxime groups is 1. The maximum Gasteiger partial charge on any atom is 0.358 e. The van der Waals surface area contributed by atoms with Gasteiger partial charge in [-0.15, -0.1) is 23.1 Å². The van der Waals surface area contributed by atoms with E-state index in [2.05, 4.69) is 22.0 Å². The molecule has 2 unspecified atom stereocenters. The summed E-state index contributed by atoms with van der Waals surface area (Å²) in [6.45, 7) is 7.09. The SMILES string of the molecule is C=CC1=C(C(=O)OC(C)OC(=O)C2CC2)N2C(=O)C(NC(=O)C(=NOCC)c3csc(N)n3)[C@H]2SC1. The number of thioether (sulfide) groups is 1. The number of nitrogens with zero attached hydrogens (tertiary/aromatic N) is 3. The molecule has 3 N–H and O–H groups in total. The maximum atomic E-state index is 13.1. The molecule has 0 radical (unpaired) electrons. The summed E-state index contributed by atoms with van der Waals surface area (Å²) in [7, 11) is 0. The Morgan fingerprint density at radius 1 is 1.39 bits per heavy atom. The number of β-lactam (4-membered cyclic amide) rings is 1. The van der Waals surface area contributed by atoms with Crippen molar-refractivity contribution in [1.29, 1.82) is 0 Å². The number of carbonyl (C=O) groups is 4. The second kappa shape index (κ2) is 10.7. The number of hydrogen-bond donors (Lipinski definition) is 2. The Balaban J connectivity index is 1.46. The van der Waals surface area contributed by atoms with Crippen LogP contribution >= 0.6 is 23.1 Å². The first-order valence-corrected chi connectivity index (χ1v) is 13.1. The van der Waals surface area contributed by atoms with Crippen molar-refractivity contribution in [1.82, 2.24) is 15.2 Å². The van der Waals surface area contributed by atoms with Crippen LogP contribution in [0.4, 0.5) is 5.13 Å². The molecule has 3 atom stereocenters. The number of amides is 2. The molecule has 0 bridgehead atoms. The van der Waals surface area contributed by atoms with Gasteiger partial charge in [-0.3, -0.25) is 19.3 Å². The number of esters is 2. The van der Waals surface area contributed by atoms with Crippen LogP contribution in [0.1, 0.15) is 32.4 Å². The molecule has 12 nitrogen and oxygen atoms in total. The highest BCUT2D eigenvalue weighted by Gasteiger charge is 2.54. The van der Waals surface area contributed by atoms with Gasteiger partial charge in [-0.25, -0.2) is 9.78 Å². The molecule has 1 saturated carbocycles. The Hall–Kier alpha value is -3.39. The maximum absolute atomic E-state index is 13.1. The van der Waals surface area contributed by atoms with Crippen LogP contribution in [0.2, 0.25) is 0 Å². The molecule has 1 aromatic heterocycles. The summed E-state index contributed by atoms with van der Waals surface area (Å²) in [6.07, 6.45) is 1.87. The molecular formula is C22H25N5O7S2. The molecule has 4 rings (SSSR count). The number of ether oxygens (including phenoxy) is 2. The molecule has 1 aliphatic carbocycles. The van der Waals surface area contributed by atoms with E-state index < -0.39 is 41.5 Å². The fraction of sp³-hybridized carbons (Fsp3) is 0.455. The highest BCUT2D eigenvalue weighted by atomic mass is 32.2. The van der Waals surface area contributed by atoms with Crippen LogP contribution in [-0.4, -0.2) is 69.4 Å². The van der Waals surface area contributed by atoms with Gasteiger partial charge in [0.1, 0.15) is 29.4 Å². The van der Waals surface area contributed by atoms with Crippen molar-refractivity contribution in [3.05, 3.63) is 35.0 Å². The number of nitrogen functional groups attached to an aromatic ring is 1. The van der Waals surface area contributed by atoms with E-state index in [0.717, 1.165) is 24.2 Å². The third-order valence-electron chi connectivity index (χ3n) is 5.45. The zero-order valence-corrected chi connectivity index (χ0v) is 21.2. The van der Waals surface area contributed by atoms with Crippen LogP contribution in [0.15, 0.2) is 34.5 Å². The standard InChI is InChI=1S/C22H25N5O7S2/c1-4-11-8-35-19-15(25-17(28)14(26-32-5-2)13-9-36-22(23)24-13)18(29)27(19)16(11)21(31)34-10(3)33-20(30)12-6-7-12/h4,9-10,12,15,19H,1,5-8H2,2-3H3,(H2,23,24)(H,25,28)/t10?,15?,19-/m1/s1. The molecular weight excluding hydrogens is 510 g/mol. The lowest BCUT2D eigenvalue weighted by molar-refractivity contribution is -0.185. The first kappa shape index (κ1) is 25.7. The number of anilines is 1. The molecule has 1 saturated heterocycles. The predicted octanol–water partition coefficient (Wildman–Crippen LogP) is 1.15. The van der Waals surface area contributed by atoms with Gasteiger partial charge < -0.3 is 25.4 Å². The predicted molar refractivity (Wildman–Crippen MR) is 131 cm³/mol. The number of fused-ring (bicyclic) bond motifs is 1. The van der Waals surface area contributed by atoms with Gasteiger partial charge >= 0.3 is 11.9 Å². The molecule has 2 amide bonds. The van der Waals surface area contributed by atoms with Crippen molar-refractivity contribution >= 4 is 57.7 Å². The summed E-state index contributed by atoms with van der Waals surface area (Å²) in [5.74, 6) is -2.21. The van der Waals surface area contributed by atoms with Crippen LogP contribution in [0.25, 0.3) is 0 Å². The normalized spacial score (nSPS) is 22.2. The van der Waals surface area contributed by atoms with E-state index in [4.69, 9.17) is 20.0 Å². The molecule has 0 aromatic carbocycles. The highest BCUT2D eigenvalue weighted by molar-refractivity contribution is 8.00. The van der Waals surface area contributed by atoms with Crippen molar-refractivity contribution in [3.8, 4) is 0 Å². The highest BCUT2D eigenvalue weighted by Crippen LogP contribution is 2.41. The second-order valence-electron chi connectivity index (χ2n) is 8.05. The largest absolute Gasteiger partial charge is 0.425 e. The first-order valence-electron chi connectivity index (χ1n) is 11.2. The van der Waals surface area contributed by atoms with E-state index >= 15 is 0 Å². The second-order valence-corrected chi connectivity index (χ2v) is 10.0. The van der Waals surface area contributed by atoms with Crippen LogP contribution in [0.5, 0.6) is 0 Å². The average molecular weight is 536 g/mol. The average Bonchev–Trinajstić information content (AvgIpc) is 3.62. The number of nitrogens with one attached hydrogen (secondary N) is 1. The minimum Gasteiger partial charge on any atom is -0.425 e. The van der Waals surface area contributed by atoms with Crippen molar-refractivity contribution in [3.63, 3.8) is 0 Å². The number of aromatic nitrogens is 1. The van der Waals surface area contributed by atoms with E-state index in [9.17, 15) is 19.2 Å². The number of rotatable bonds is 10. The third kappa shape index (κ3) is 5.23. The molecule has 0 spiro atoms. The van der Waals surface area contributed by atoms with Crippen molar-refractivity contribution in [2.24, 2.45) is 11.1 Å². The monoisotopic (exact) mass is 535 g/mol.